The van der Waals surface area contributed by atoms with Gasteiger partial charge in [0.05, 0.1) is 25.8 Å². The second-order valence-electron chi connectivity index (χ2n) is 7.46. The predicted molar refractivity (Wildman–Crippen MR) is 113 cm³/mol. The summed E-state index contributed by atoms with van der Waals surface area (Å²) in [5, 5.41) is 3.65. The highest BCUT2D eigenvalue weighted by Crippen LogP contribution is 2.40. The van der Waals surface area contributed by atoms with Gasteiger partial charge in [0.1, 0.15) is 10.8 Å². The first-order valence-corrected chi connectivity index (χ1v) is 10.9. The lowest BCUT2D eigenvalue weighted by Crippen LogP contribution is -2.34. The van der Waals surface area contributed by atoms with E-state index in [0.717, 1.165) is 55.4 Å². The summed E-state index contributed by atoms with van der Waals surface area (Å²) in [7, 11) is 3.03. The Morgan fingerprint density at radius 1 is 1.10 bits per heavy atom. The van der Waals surface area contributed by atoms with Crippen LogP contribution in [0.4, 0.5) is 9.80 Å². The van der Waals surface area contributed by atoms with Crippen LogP contribution in [0.1, 0.15) is 58.1 Å². The number of rotatable bonds is 4. The number of nitrogens with one attached hydrogen (secondary N) is 1. The minimum Gasteiger partial charge on any atom is -0.497 e. The van der Waals surface area contributed by atoms with Gasteiger partial charge >= 0.3 is 12.0 Å². The molecule has 2 aliphatic rings. The lowest BCUT2D eigenvalue weighted by molar-refractivity contribution is 0.0601. The first-order valence-electron chi connectivity index (χ1n) is 10.1. The van der Waals surface area contributed by atoms with E-state index in [1.165, 1.54) is 23.3 Å². The summed E-state index contributed by atoms with van der Waals surface area (Å²) >= 11 is 1.52. The summed E-state index contributed by atoms with van der Waals surface area (Å²) in [6.07, 6.45) is 5.88. The zero-order valence-corrected chi connectivity index (χ0v) is 17.6. The third-order valence-corrected chi connectivity index (χ3v) is 7.00. The Bertz CT molecular complexity index is 906. The Morgan fingerprint density at radius 3 is 2.59 bits per heavy atom. The quantitative estimate of drug-likeness (QED) is 0.731. The van der Waals surface area contributed by atoms with Crippen LogP contribution in [0, 0.1) is 0 Å². The molecule has 6 nitrogen and oxygen atoms in total. The fourth-order valence-electron chi connectivity index (χ4n) is 4.32. The summed E-state index contributed by atoms with van der Waals surface area (Å²) in [5.74, 6) is 0.433. The number of likely N-dealkylation sites (tertiary alicyclic amines) is 1. The van der Waals surface area contributed by atoms with Crippen molar-refractivity contribution in [1.82, 2.24) is 4.90 Å². The second-order valence-corrected chi connectivity index (χ2v) is 8.57. The number of amides is 2. The largest absolute Gasteiger partial charge is 0.497 e. The fraction of sp³-hybridized carbons (Fsp3) is 0.455. The first-order chi connectivity index (χ1) is 14.1. The van der Waals surface area contributed by atoms with Gasteiger partial charge in [-0.1, -0.05) is 12.1 Å². The zero-order valence-electron chi connectivity index (χ0n) is 16.8. The van der Waals surface area contributed by atoms with Crippen LogP contribution in [0.25, 0.3) is 0 Å². The maximum atomic E-state index is 13.1. The van der Waals surface area contributed by atoms with Crippen molar-refractivity contribution in [3.63, 3.8) is 0 Å². The summed E-state index contributed by atoms with van der Waals surface area (Å²) in [5.41, 5.74) is 2.69. The lowest BCUT2D eigenvalue weighted by atomic mass is 9.95. The van der Waals surface area contributed by atoms with Crippen LogP contribution in [0.3, 0.4) is 0 Å². The van der Waals surface area contributed by atoms with Gasteiger partial charge < -0.3 is 14.4 Å². The number of benzene rings is 1. The van der Waals surface area contributed by atoms with Crippen molar-refractivity contribution in [2.24, 2.45) is 0 Å². The van der Waals surface area contributed by atoms with Crippen molar-refractivity contribution in [2.75, 3.05) is 26.1 Å². The van der Waals surface area contributed by atoms with Crippen LogP contribution in [0.2, 0.25) is 0 Å². The molecule has 1 saturated heterocycles. The number of anilines is 1. The Labute approximate surface area is 174 Å². The van der Waals surface area contributed by atoms with Gasteiger partial charge in [-0.15, -0.1) is 11.3 Å². The highest BCUT2D eigenvalue weighted by Gasteiger charge is 2.32. The van der Waals surface area contributed by atoms with Crippen molar-refractivity contribution in [3.05, 3.63) is 45.8 Å². The van der Waals surface area contributed by atoms with Gasteiger partial charge in [0.15, 0.2) is 0 Å². The number of ether oxygens (including phenoxy) is 2. The number of nitrogens with zero attached hydrogens (tertiary/aromatic N) is 1. The number of carbonyl (C=O) groups excluding carboxylic acids is 2. The van der Waals surface area contributed by atoms with E-state index in [4.69, 9.17) is 9.47 Å². The maximum absolute atomic E-state index is 13.1. The lowest BCUT2D eigenvalue weighted by Gasteiger charge is -2.25. The molecular weight excluding hydrogens is 388 g/mol. The minimum absolute atomic E-state index is 0.0251. The molecule has 1 fully saturated rings. The second kappa shape index (κ2) is 8.45. The number of carbonyl (C=O) groups is 2. The molecule has 1 aromatic heterocycles. The van der Waals surface area contributed by atoms with E-state index in [9.17, 15) is 9.59 Å². The third kappa shape index (κ3) is 3.83. The molecule has 7 heteroatoms. The number of hydrogen-bond acceptors (Lipinski definition) is 5. The Hall–Kier alpha value is -2.54. The number of thiophene rings is 1. The van der Waals surface area contributed by atoms with E-state index in [-0.39, 0.29) is 18.0 Å². The fourth-order valence-corrected chi connectivity index (χ4v) is 5.59. The van der Waals surface area contributed by atoms with Gasteiger partial charge in [0.2, 0.25) is 0 Å². The molecule has 0 radical (unpaired) electrons. The number of urea groups is 1. The van der Waals surface area contributed by atoms with Crippen LogP contribution < -0.4 is 10.1 Å². The van der Waals surface area contributed by atoms with Crippen LogP contribution in [-0.4, -0.2) is 37.7 Å². The van der Waals surface area contributed by atoms with Crippen molar-refractivity contribution < 1.29 is 19.1 Å². The highest BCUT2D eigenvalue weighted by molar-refractivity contribution is 7.17. The van der Waals surface area contributed by atoms with Crippen LogP contribution in [0.15, 0.2) is 24.3 Å². The highest BCUT2D eigenvalue weighted by atomic mass is 32.1. The Balaban J connectivity index is 1.57. The topological polar surface area (TPSA) is 67.9 Å². The molecule has 0 saturated carbocycles. The Morgan fingerprint density at radius 2 is 1.86 bits per heavy atom. The molecule has 2 aromatic rings. The smallest absolute Gasteiger partial charge is 0.341 e. The predicted octanol–water partition coefficient (Wildman–Crippen LogP) is 4.79. The molecule has 2 heterocycles. The molecule has 1 atom stereocenters. The van der Waals surface area contributed by atoms with Crippen molar-refractivity contribution in [2.45, 2.75) is 44.6 Å². The number of esters is 1. The molecule has 0 spiro atoms. The third-order valence-electron chi connectivity index (χ3n) is 5.80. The van der Waals surface area contributed by atoms with Crippen molar-refractivity contribution in [1.29, 1.82) is 0 Å². The molecule has 1 aromatic carbocycles. The molecule has 4 rings (SSSR count). The maximum Gasteiger partial charge on any atom is 0.341 e. The monoisotopic (exact) mass is 414 g/mol. The number of aryl methyl sites for hydroxylation is 1. The standard InChI is InChI=1S/C22H26N2O4S/c1-27-15-11-9-14(10-12-15)17-7-5-13-24(17)22(26)23-20-19(21(25)28-2)16-6-3-4-8-18(16)29-20/h9-12,17H,3-8,13H2,1-2H3,(H,23,26). The summed E-state index contributed by atoms with van der Waals surface area (Å²) in [6.45, 7) is 0.696. The number of methoxy groups -OCH3 is 2. The van der Waals surface area contributed by atoms with E-state index in [0.29, 0.717) is 17.1 Å². The minimum atomic E-state index is -0.368. The number of fused-ring (bicyclic) bond motifs is 1. The summed E-state index contributed by atoms with van der Waals surface area (Å²) < 4.78 is 10.2. The van der Waals surface area contributed by atoms with E-state index in [1.54, 1.807) is 7.11 Å². The van der Waals surface area contributed by atoms with Gasteiger partial charge in [0, 0.05) is 11.4 Å². The summed E-state index contributed by atoms with van der Waals surface area (Å²) in [4.78, 5) is 28.6. The zero-order chi connectivity index (χ0) is 20.4. The van der Waals surface area contributed by atoms with Crippen LogP contribution >= 0.6 is 11.3 Å². The number of hydrogen-bond donors (Lipinski definition) is 1. The van der Waals surface area contributed by atoms with Gasteiger partial charge in [0.25, 0.3) is 0 Å². The van der Waals surface area contributed by atoms with Gasteiger partial charge in [-0.2, -0.15) is 0 Å². The molecule has 1 N–H and O–H groups in total. The van der Waals surface area contributed by atoms with E-state index in [1.807, 2.05) is 29.2 Å². The van der Waals surface area contributed by atoms with Crippen LogP contribution in [0.5, 0.6) is 5.75 Å². The molecule has 1 aliphatic heterocycles. The average molecular weight is 415 g/mol. The van der Waals surface area contributed by atoms with Crippen molar-refractivity contribution >= 4 is 28.3 Å². The van der Waals surface area contributed by atoms with E-state index < -0.39 is 0 Å². The molecule has 1 unspecified atom stereocenters. The van der Waals surface area contributed by atoms with E-state index in [2.05, 4.69) is 5.32 Å². The molecule has 2 amide bonds. The normalized spacial score (nSPS) is 18.3. The van der Waals surface area contributed by atoms with Gasteiger partial charge in [-0.25, -0.2) is 9.59 Å². The molecule has 0 bridgehead atoms. The molecule has 29 heavy (non-hydrogen) atoms. The van der Waals surface area contributed by atoms with Gasteiger partial charge in [-0.05, 0) is 61.8 Å². The average Bonchev–Trinajstić information content (AvgIpc) is 3.38. The van der Waals surface area contributed by atoms with Crippen LogP contribution in [-0.2, 0) is 17.6 Å². The Kier molecular flexibility index (Phi) is 5.76. The summed E-state index contributed by atoms with van der Waals surface area (Å²) in [6, 6.07) is 7.74. The first kappa shape index (κ1) is 19.8. The molecule has 1 aliphatic carbocycles. The molecule has 154 valence electrons. The van der Waals surface area contributed by atoms with Gasteiger partial charge in [-0.3, -0.25) is 5.32 Å². The van der Waals surface area contributed by atoms with E-state index >= 15 is 0 Å². The molecular formula is C22H26N2O4S. The SMILES string of the molecule is COC(=O)c1c(NC(=O)N2CCCC2c2ccc(OC)cc2)sc2c1CCCC2. The van der Waals surface area contributed by atoms with Crippen molar-refractivity contribution in [3.8, 4) is 5.75 Å².